The van der Waals surface area contributed by atoms with Gasteiger partial charge in [0.1, 0.15) is 0 Å². The smallest absolute Gasteiger partial charge is 0.264 e. The first-order valence-corrected chi connectivity index (χ1v) is 11.3. The first-order valence-electron chi connectivity index (χ1n) is 4.92. The molecule has 0 aliphatic carbocycles. The Morgan fingerprint density at radius 3 is 1.05 bits per heavy atom. The summed E-state index contributed by atoms with van der Waals surface area (Å²) in [6.45, 7) is -0.849. The highest BCUT2D eigenvalue weighted by molar-refractivity contribution is 8.13. The van der Waals surface area contributed by atoms with Crippen molar-refractivity contribution in [3.8, 4) is 0 Å². The maximum Gasteiger partial charge on any atom is 0.264 e. The lowest BCUT2D eigenvalue weighted by Crippen LogP contribution is -2.12. The van der Waals surface area contributed by atoms with E-state index >= 15 is 0 Å². The summed E-state index contributed by atoms with van der Waals surface area (Å²) in [7, 11) is -5.73. The molecule has 0 heterocycles. The molecule has 21 heavy (non-hydrogen) atoms. The molecule has 0 aliphatic heterocycles. The molecule has 0 saturated carbocycles. The van der Waals surface area contributed by atoms with Crippen molar-refractivity contribution in [3.63, 3.8) is 0 Å². The van der Waals surface area contributed by atoms with Gasteiger partial charge in [0.05, 0.1) is 45.2 Å². The van der Waals surface area contributed by atoms with Crippen molar-refractivity contribution in [3.05, 3.63) is 0 Å². The van der Waals surface area contributed by atoms with E-state index in [1.807, 2.05) is 0 Å². The van der Waals surface area contributed by atoms with Crippen molar-refractivity contribution in [2.75, 3.05) is 45.2 Å². The van der Waals surface area contributed by atoms with Gasteiger partial charge in [-0.25, -0.2) is 8.42 Å². The van der Waals surface area contributed by atoms with Crippen molar-refractivity contribution in [2.24, 2.45) is 0 Å². The Labute approximate surface area is 129 Å². The van der Waals surface area contributed by atoms with Crippen LogP contribution in [0, 0.1) is 0 Å². The molecule has 0 aromatic carbocycles. The molecule has 0 bridgehead atoms. The molecule has 0 saturated heterocycles. The van der Waals surface area contributed by atoms with Crippen LogP contribution in [-0.2, 0) is 37.7 Å². The van der Waals surface area contributed by atoms with Crippen molar-refractivity contribution in [1.29, 1.82) is 0 Å². The number of hydrogen-bond acceptors (Lipinski definition) is 10. The molecule has 0 atom stereocenters. The third-order valence-corrected chi connectivity index (χ3v) is 1.97. The van der Waals surface area contributed by atoms with Gasteiger partial charge < -0.3 is 10.2 Å². The maximum atomic E-state index is 10.3. The van der Waals surface area contributed by atoms with E-state index in [0.29, 0.717) is 0 Å². The van der Waals surface area contributed by atoms with Crippen molar-refractivity contribution < 1.29 is 43.8 Å². The summed E-state index contributed by atoms with van der Waals surface area (Å²) in [6, 6.07) is 0. The molecule has 10 nitrogen and oxygen atoms in total. The molecular formula is C7H19ClO10S3. The van der Waals surface area contributed by atoms with Crippen molar-refractivity contribution in [1.82, 2.24) is 0 Å². The highest BCUT2D eigenvalue weighted by Gasteiger charge is 2.04. The molecule has 0 amide bonds. The predicted molar refractivity (Wildman–Crippen MR) is 76.5 cm³/mol. The van der Waals surface area contributed by atoms with Crippen LogP contribution in [0.5, 0.6) is 0 Å². The van der Waals surface area contributed by atoms with Gasteiger partial charge in [-0.2, -0.15) is 16.8 Å². The van der Waals surface area contributed by atoms with Gasteiger partial charge >= 0.3 is 0 Å². The number of hydrogen-bond donors (Lipinski definition) is 2. The molecule has 0 aromatic heterocycles. The first-order chi connectivity index (χ1) is 9.12. The van der Waals surface area contributed by atoms with E-state index in [1.54, 1.807) is 0 Å². The normalized spacial score (nSPS) is 11.7. The van der Waals surface area contributed by atoms with Crippen LogP contribution in [0.1, 0.15) is 0 Å². The van der Waals surface area contributed by atoms with Gasteiger partial charge in [0, 0.05) is 10.7 Å². The molecule has 0 aliphatic rings. The summed E-state index contributed by atoms with van der Waals surface area (Å²) in [5.41, 5.74) is 0. The summed E-state index contributed by atoms with van der Waals surface area (Å²) >= 11 is 0. The lowest BCUT2D eigenvalue weighted by Gasteiger charge is -2.00. The first kappa shape index (κ1) is 25.9. The maximum absolute atomic E-state index is 10.3. The largest absolute Gasteiger partial charge is 0.394 e. The molecular weight excluding hydrogens is 376 g/mol. The van der Waals surface area contributed by atoms with Gasteiger partial charge in [0.15, 0.2) is 0 Å². The molecule has 2 N–H and O–H groups in total. The minimum absolute atomic E-state index is 0.125. The fourth-order valence-corrected chi connectivity index (χ4v) is 1.11. The van der Waals surface area contributed by atoms with E-state index in [9.17, 15) is 25.3 Å². The van der Waals surface area contributed by atoms with Crippen molar-refractivity contribution in [2.45, 2.75) is 0 Å². The standard InChI is InChI=1S/C4H10O6S2.C2H6O2.CH3ClO2S/c1-11(5,6)9-3-4-10-12(2,7)8;3-1-2-4;1-5(2,3)4/h3-4H2,1-2H3;3-4H,1-2H2;1H3. The number of halogens is 1. The van der Waals surface area contributed by atoms with E-state index < -0.39 is 29.3 Å². The van der Waals surface area contributed by atoms with E-state index in [4.69, 9.17) is 10.2 Å². The monoisotopic (exact) mass is 394 g/mol. The minimum Gasteiger partial charge on any atom is -0.394 e. The van der Waals surface area contributed by atoms with Gasteiger partial charge in [-0.3, -0.25) is 8.37 Å². The van der Waals surface area contributed by atoms with Crippen LogP contribution in [0.4, 0.5) is 0 Å². The van der Waals surface area contributed by atoms with E-state index in [2.05, 4.69) is 19.0 Å². The second-order valence-corrected chi connectivity index (χ2v) is 9.51. The topological polar surface area (TPSA) is 161 Å². The quantitative estimate of drug-likeness (QED) is 0.295. The Balaban J connectivity index is -0.000000297. The average molecular weight is 395 g/mol. The Kier molecular flexibility index (Phi) is 15.4. The zero-order chi connectivity index (χ0) is 17.7. The van der Waals surface area contributed by atoms with Crippen LogP contribution < -0.4 is 0 Å². The highest BCUT2D eigenvalue weighted by Crippen LogP contribution is 1.90. The van der Waals surface area contributed by atoms with Crippen LogP contribution >= 0.6 is 10.7 Å². The zero-order valence-electron chi connectivity index (χ0n) is 11.6. The summed E-state index contributed by atoms with van der Waals surface area (Å²) in [4.78, 5) is 0. The Bertz CT molecular complexity index is 491. The van der Waals surface area contributed by atoms with E-state index in [0.717, 1.165) is 18.8 Å². The van der Waals surface area contributed by atoms with E-state index in [-0.39, 0.29) is 26.4 Å². The summed E-state index contributed by atoms with van der Waals surface area (Å²) in [5.74, 6) is 0. The van der Waals surface area contributed by atoms with Gasteiger partial charge in [0.2, 0.25) is 9.05 Å². The zero-order valence-corrected chi connectivity index (χ0v) is 14.8. The number of aliphatic hydroxyl groups is 2. The molecule has 0 radical (unpaired) electrons. The third kappa shape index (κ3) is 64.9. The predicted octanol–water partition coefficient (Wildman–Crippen LogP) is -1.91. The second-order valence-electron chi connectivity index (χ2n) is 3.18. The number of aliphatic hydroxyl groups excluding tert-OH is 2. The Hall–Kier alpha value is -0.0200. The van der Waals surface area contributed by atoms with Gasteiger partial charge in [-0.05, 0) is 0 Å². The van der Waals surface area contributed by atoms with E-state index in [1.165, 1.54) is 0 Å². The Morgan fingerprint density at radius 1 is 0.762 bits per heavy atom. The summed E-state index contributed by atoms with van der Waals surface area (Å²) in [6.07, 6.45) is 2.66. The third-order valence-electron chi connectivity index (χ3n) is 0.778. The van der Waals surface area contributed by atoms with Crippen molar-refractivity contribution >= 4 is 40.0 Å². The average Bonchev–Trinajstić information content (AvgIpc) is 2.20. The van der Waals surface area contributed by atoms with Crippen LogP contribution in [0.25, 0.3) is 0 Å². The second kappa shape index (κ2) is 12.5. The fraction of sp³-hybridized carbons (Fsp3) is 1.00. The van der Waals surface area contributed by atoms with Crippen LogP contribution in [0.3, 0.4) is 0 Å². The number of rotatable bonds is 6. The molecule has 132 valence electrons. The van der Waals surface area contributed by atoms with Gasteiger partial charge in [-0.1, -0.05) is 0 Å². The SMILES string of the molecule is CS(=O)(=O)Cl.CS(=O)(=O)OCCOS(C)(=O)=O.OCCO. The Morgan fingerprint density at radius 2 is 0.952 bits per heavy atom. The van der Waals surface area contributed by atoms with Crippen LogP contribution in [0.15, 0.2) is 0 Å². The lowest BCUT2D eigenvalue weighted by atomic mass is 10.8. The van der Waals surface area contributed by atoms with Gasteiger partial charge in [0.25, 0.3) is 20.2 Å². The fourth-order valence-electron chi connectivity index (χ4n) is 0.371. The molecule has 0 spiro atoms. The lowest BCUT2D eigenvalue weighted by molar-refractivity contribution is 0.186. The summed E-state index contributed by atoms with van der Waals surface area (Å²) in [5, 5.41) is 15.2. The molecule has 0 aromatic rings. The highest BCUT2D eigenvalue weighted by atomic mass is 35.7. The summed E-state index contributed by atoms with van der Waals surface area (Å²) < 4.78 is 68.5. The van der Waals surface area contributed by atoms with Crippen LogP contribution in [-0.4, -0.2) is 80.7 Å². The molecule has 0 unspecified atom stereocenters. The van der Waals surface area contributed by atoms with Gasteiger partial charge in [-0.15, -0.1) is 0 Å². The minimum atomic E-state index is -3.52. The molecule has 0 fully saturated rings. The molecule has 14 heteroatoms. The van der Waals surface area contributed by atoms with Crippen LogP contribution in [0.2, 0.25) is 0 Å². The molecule has 0 rings (SSSR count).